The minimum Gasteiger partial charge on any atom is -0.508 e. The third kappa shape index (κ3) is 10.7. The Morgan fingerprint density at radius 3 is 2.22 bits per heavy atom. The van der Waals surface area contributed by atoms with Gasteiger partial charge in [-0.25, -0.2) is 4.79 Å². The monoisotopic (exact) mass is 651 g/mol. The second-order valence-electron chi connectivity index (χ2n) is 12.4. The Hall–Kier alpha value is -4.24. The number of carbonyl (C=O) groups is 3. The van der Waals surface area contributed by atoms with E-state index in [0.717, 1.165) is 31.2 Å². The number of aromatic hydroxyl groups is 2. The molecule has 10 heteroatoms. The number of ether oxygens (including phenoxy) is 1. The van der Waals surface area contributed by atoms with Crippen LogP contribution in [0, 0.1) is 6.92 Å². The van der Waals surface area contributed by atoms with Crippen LogP contribution in [-0.4, -0.2) is 51.2 Å². The standard InChI is InChI=1S/C36H46ClN3O6/c1-6-7-8-9-12-22-40(34(44)29(38-35(45)46-36(3,4)5)23-25-18-20-26(41)21-19-25)32(27-15-10-11-17-30(27)42)33(43)39-31-24(2)14-13-16-28(31)37/h10-11,13-21,29,32,41-42H,6-9,12,22-23H2,1-5H3,(H,38,45)(H,39,43). The summed E-state index contributed by atoms with van der Waals surface area (Å²) in [5, 5.41) is 26.8. The lowest BCUT2D eigenvalue weighted by atomic mass is 9.98. The summed E-state index contributed by atoms with van der Waals surface area (Å²) in [7, 11) is 0. The molecule has 0 saturated carbocycles. The highest BCUT2D eigenvalue weighted by molar-refractivity contribution is 6.34. The van der Waals surface area contributed by atoms with E-state index in [-0.39, 0.29) is 30.0 Å². The van der Waals surface area contributed by atoms with Gasteiger partial charge in [0.2, 0.25) is 5.91 Å². The number of aryl methyl sites for hydroxylation is 1. The number of hydrogen-bond donors (Lipinski definition) is 4. The number of para-hydroxylation sites is 2. The van der Waals surface area contributed by atoms with Crippen LogP contribution >= 0.6 is 11.6 Å². The number of phenolic OH excluding ortho intramolecular Hbond substituents is 2. The van der Waals surface area contributed by atoms with Crippen LogP contribution in [0.3, 0.4) is 0 Å². The van der Waals surface area contributed by atoms with Gasteiger partial charge in [0.15, 0.2) is 0 Å². The molecule has 9 nitrogen and oxygen atoms in total. The van der Waals surface area contributed by atoms with E-state index >= 15 is 0 Å². The fourth-order valence-corrected chi connectivity index (χ4v) is 5.39. The molecule has 0 fully saturated rings. The first-order valence-corrected chi connectivity index (χ1v) is 16.1. The van der Waals surface area contributed by atoms with Gasteiger partial charge < -0.3 is 30.5 Å². The zero-order valence-electron chi connectivity index (χ0n) is 27.3. The van der Waals surface area contributed by atoms with Crippen molar-refractivity contribution in [2.45, 2.75) is 90.8 Å². The molecule has 0 bridgehead atoms. The van der Waals surface area contributed by atoms with E-state index in [9.17, 15) is 24.6 Å². The molecule has 0 aromatic heterocycles. The fraction of sp³-hybridized carbons (Fsp3) is 0.417. The SMILES string of the molecule is CCCCCCCN(C(=O)C(Cc1ccc(O)cc1)NC(=O)OC(C)(C)C)C(C(=O)Nc1c(C)cccc1Cl)c1ccccc1O. The number of halogens is 1. The van der Waals surface area contributed by atoms with Crippen LogP contribution in [0.1, 0.15) is 82.5 Å². The third-order valence-corrected chi connectivity index (χ3v) is 7.73. The van der Waals surface area contributed by atoms with Crippen LogP contribution in [-0.2, 0) is 20.7 Å². The van der Waals surface area contributed by atoms with Crippen molar-refractivity contribution >= 4 is 35.2 Å². The van der Waals surface area contributed by atoms with Gasteiger partial charge in [0, 0.05) is 18.5 Å². The summed E-state index contributed by atoms with van der Waals surface area (Å²) >= 11 is 6.47. The number of anilines is 1. The molecule has 248 valence electrons. The molecule has 3 aromatic rings. The maximum Gasteiger partial charge on any atom is 0.408 e. The van der Waals surface area contributed by atoms with Crippen LogP contribution in [0.15, 0.2) is 66.7 Å². The van der Waals surface area contributed by atoms with E-state index in [1.165, 1.54) is 23.1 Å². The molecule has 46 heavy (non-hydrogen) atoms. The molecule has 3 amide bonds. The highest BCUT2D eigenvalue weighted by Gasteiger charge is 2.37. The van der Waals surface area contributed by atoms with Crippen molar-refractivity contribution < 1.29 is 29.3 Å². The average Bonchev–Trinajstić information content (AvgIpc) is 2.98. The van der Waals surface area contributed by atoms with Crippen molar-refractivity contribution in [3.8, 4) is 11.5 Å². The summed E-state index contributed by atoms with van der Waals surface area (Å²) in [6, 6.07) is 15.6. The molecule has 0 saturated heterocycles. The van der Waals surface area contributed by atoms with Crippen molar-refractivity contribution in [3.05, 3.63) is 88.4 Å². The Morgan fingerprint density at radius 1 is 0.913 bits per heavy atom. The predicted molar refractivity (Wildman–Crippen MR) is 181 cm³/mol. The van der Waals surface area contributed by atoms with Gasteiger partial charge in [-0.05, 0) is 69.5 Å². The molecule has 3 aromatic carbocycles. The summed E-state index contributed by atoms with van der Waals surface area (Å²) in [4.78, 5) is 43.4. The average molecular weight is 652 g/mol. The lowest BCUT2D eigenvalue weighted by molar-refractivity contribution is -0.141. The summed E-state index contributed by atoms with van der Waals surface area (Å²) in [5.41, 5.74) is 1.21. The lowest BCUT2D eigenvalue weighted by Gasteiger charge is -2.35. The number of hydrogen-bond acceptors (Lipinski definition) is 6. The number of phenols is 2. The van der Waals surface area contributed by atoms with E-state index in [1.807, 2.05) is 13.0 Å². The van der Waals surface area contributed by atoms with Crippen LogP contribution in [0.2, 0.25) is 5.02 Å². The number of nitrogens with one attached hydrogen (secondary N) is 2. The van der Waals surface area contributed by atoms with Crippen molar-refractivity contribution in [3.63, 3.8) is 0 Å². The first-order chi connectivity index (χ1) is 21.8. The molecule has 4 N–H and O–H groups in total. The number of nitrogens with zero attached hydrogens (tertiary/aromatic N) is 1. The Morgan fingerprint density at radius 2 is 1.59 bits per heavy atom. The minimum atomic E-state index is -1.27. The zero-order chi connectivity index (χ0) is 33.9. The second-order valence-corrected chi connectivity index (χ2v) is 12.8. The Balaban J connectivity index is 2.10. The lowest BCUT2D eigenvalue weighted by Crippen LogP contribution is -2.53. The van der Waals surface area contributed by atoms with Gasteiger partial charge >= 0.3 is 6.09 Å². The summed E-state index contributed by atoms with van der Waals surface area (Å²) < 4.78 is 5.50. The van der Waals surface area contributed by atoms with Gasteiger partial charge in [-0.2, -0.15) is 0 Å². The predicted octanol–water partition coefficient (Wildman–Crippen LogP) is 7.67. The highest BCUT2D eigenvalue weighted by atomic mass is 35.5. The smallest absolute Gasteiger partial charge is 0.408 e. The molecule has 0 spiro atoms. The van der Waals surface area contributed by atoms with Gasteiger partial charge in [-0.1, -0.05) is 86.7 Å². The van der Waals surface area contributed by atoms with Crippen LogP contribution in [0.4, 0.5) is 10.5 Å². The molecule has 0 aliphatic rings. The van der Waals surface area contributed by atoms with Gasteiger partial charge in [0.25, 0.3) is 5.91 Å². The van der Waals surface area contributed by atoms with E-state index in [2.05, 4.69) is 17.6 Å². The summed E-state index contributed by atoms with van der Waals surface area (Å²) in [5.74, 6) is -1.20. The number of carbonyl (C=O) groups excluding carboxylic acids is 3. The molecule has 2 atom stereocenters. The molecule has 3 rings (SSSR count). The van der Waals surface area contributed by atoms with Gasteiger partial charge in [-0.3, -0.25) is 9.59 Å². The summed E-state index contributed by atoms with van der Waals surface area (Å²) in [6.07, 6.45) is 3.71. The van der Waals surface area contributed by atoms with Gasteiger partial charge in [0.05, 0.1) is 10.7 Å². The maximum atomic E-state index is 14.7. The number of amides is 3. The zero-order valence-corrected chi connectivity index (χ0v) is 28.1. The third-order valence-electron chi connectivity index (χ3n) is 7.41. The highest BCUT2D eigenvalue weighted by Crippen LogP contribution is 2.33. The largest absolute Gasteiger partial charge is 0.508 e. The molecular weight excluding hydrogens is 606 g/mol. The van der Waals surface area contributed by atoms with Crippen molar-refractivity contribution in [2.24, 2.45) is 0 Å². The van der Waals surface area contributed by atoms with Crippen LogP contribution in [0.5, 0.6) is 11.5 Å². The van der Waals surface area contributed by atoms with Gasteiger partial charge in [-0.15, -0.1) is 0 Å². The number of rotatable bonds is 14. The second kappa shape index (κ2) is 16.9. The normalized spacial score (nSPS) is 12.6. The molecule has 0 heterocycles. The quantitative estimate of drug-likeness (QED) is 0.132. The first kappa shape index (κ1) is 36.2. The summed E-state index contributed by atoms with van der Waals surface area (Å²) in [6.45, 7) is 9.27. The van der Waals surface area contributed by atoms with Crippen molar-refractivity contribution in [2.75, 3.05) is 11.9 Å². The van der Waals surface area contributed by atoms with Crippen molar-refractivity contribution in [1.82, 2.24) is 10.2 Å². The van der Waals surface area contributed by atoms with Gasteiger partial charge in [0.1, 0.15) is 29.2 Å². The number of benzene rings is 3. The number of unbranched alkanes of at least 4 members (excludes halogenated alkanes) is 4. The fourth-order valence-electron chi connectivity index (χ4n) is 5.12. The maximum absolute atomic E-state index is 14.7. The molecule has 0 radical (unpaired) electrons. The minimum absolute atomic E-state index is 0.0590. The molecular formula is C36H46ClN3O6. The van der Waals surface area contributed by atoms with Crippen molar-refractivity contribution in [1.29, 1.82) is 0 Å². The van der Waals surface area contributed by atoms with E-state index in [0.29, 0.717) is 22.7 Å². The van der Waals surface area contributed by atoms with E-state index in [1.54, 1.807) is 63.2 Å². The Bertz CT molecular complexity index is 1450. The van der Waals surface area contributed by atoms with E-state index in [4.69, 9.17) is 16.3 Å². The Kier molecular flexibility index (Phi) is 13.3. The molecule has 0 aliphatic carbocycles. The van der Waals surface area contributed by atoms with E-state index < -0.39 is 35.6 Å². The number of alkyl carbamates (subject to hydrolysis) is 1. The molecule has 0 aliphatic heterocycles. The van der Waals surface area contributed by atoms with Crippen LogP contribution < -0.4 is 10.6 Å². The molecule has 2 unspecified atom stereocenters. The first-order valence-electron chi connectivity index (χ1n) is 15.7. The topological polar surface area (TPSA) is 128 Å². The van der Waals surface area contributed by atoms with Crippen LogP contribution in [0.25, 0.3) is 0 Å². The Labute approximate surface area is 276 Å².